The number of amides is 2. The molecule has 1 aromatic heterocycles. The first kappa shape index (κ1) is 17.8. The highest BCUT2D eigenvalue weighted by Crippen LogP contribution is 2.28. The van der Waals surface area contributed by atoms with Crippen LogP contribution in [0.25, 0.3) is 0 Å². The third kappa shape index (κ3) is 3.37. The van der Waals surface area contributed by atoms with Gasteiger partial charge in [-0.3, -0.25) is 9.59 Å². The van der Waals surface area contributed by atoms with Gasteiger partial charge in [-0.05, 0) is 31.2 Å². The van der Waals surface area contributed by atoms with E-state index in [1.165, 1.54) is 13.4 Å². The third-order valence-corrected chi connectivity index (χ3v) is 4.54. The van der Waals surface area contributed by atoms with Crippen LogP contribution in [0.4, 0.5) is 0 Å². The van der Waals surface area contributed by atoms with Gasteiger partial charge in [-0.15, -0.1) is 0 Å². The molecule has 1 aliphatic heterocycles. The highest BCUT2D eigenvalue weighted by Gasteiger charge is 2.27. The normalized spacial score (nSPS) is 14.3. The Labute approximate surface area is 152 Å². The minimum Gasteiger partial charge on any atom is -0.493 e. The van der Waals surface area contributed by atoms with Crippen LogP contribution >= 0.6 is 0 Å². The molecule has 26 heavy (non-hydrogen) atoms. The average molecular weight is 358 g/mol. The highest BCUT2D eigenvalue weighted by molar-refractivity contribution is 5.96. The number of methoxy groups -OCH3 is 2. The molecule has 0 unspecified atom stereocenters. The lowest BCUT2D eigenvalue weighted by molar-refractivity contribution is 0.0517. The molecule has 1 aliphatic rings. The van der Waals surface area contributed by atoms with Crippen LogP contribution in [-0.2, 0) is 0 Å². The van der Waals surface area contributed by atoms with Gasteiger partial charge in [0.15, 0.2) is 17.3 Å². The van der Waals surface area contributed by atoms with Crippen molar-refractivity contribution >= 4 is 11.8 Å². The molecule has 1 saturated heterocycles. The summed E-state index contributed by atoms with van der Waals surface area (Å²) in [4.78, 5) is 28.7. The van der Waals surface area contributed by atoms with E-state index in [2.05, 4.69) is 0 Å². The number of furan rings is 1. The molecule has 1 fully saturated rings. The molecule has 7 nitrogen and oxygen atoms in total. The van der Waals surface area contributed by atoms with Gasteiger partial charge in [-0.1, -0.05) is 0 Å². The topological polar surface area (TPSA) is 72.2 Å². The number of carbonyl (C=O) groups excluding carboxylic acids is 2. The maximum atomic E-state index is 12.7. The Morgan fingerprint density at radius 1 is 0.923 bits per heavy atom. The van der Waals surface area contributed by atoms with Gasteiger partial charge in [0.2, 0.25) is 0 Å². The van der Waals surface area contributed by atoms with Crippen LogP contribution in [0.2, 0.25) is 0 Å². The number of rotatable bonds is 4. The monoisotopic (exact) mass is 358 g/mol. The predicted molar refractivity (Wildman–Crippen MR) is 94.8 cm³/mol. The van der Waals surface area contributed by atoms with Crippen molar-refractivity contribution < 1.29 is 23.5 Å². The Bertz CT molecular complexity index is 806. The molecule has 3 rings (SSSR count). The molecule has 0 bridgehead atoms. The van der Waals surface area contributed by atoms with Gasteiger partial charge in [0.25, 0.3) is 11.8 Å². The number of ether oxygens (including phenoxy) is 2. The Hall–Kier alpha value is -2.96. The lowest BCUT2D eigenvalue weighted by Gasteiger charge is -2.34. The molecule has 2 amide bonds. The van der Waals surface area contributed by atoms with Gasteiger partial charge in [-0.2, -0.15) is 0 Å². The van der Waals surface area contributed by atoms with Crippen LogP contribution in [0, 0.1) is 6.92 Å². The fraction of sp³-hybridized carbons (Fsp3) is 0.368. The van der Waals surface area contributed by atoms with Crippen LogP contribution in [0.15, 0.2) is 34.9 Å². The Kier molecular flexibility index (Phi) is 5.16. The summed E-state index contributed by atoms with van der Waals surface area (Å²) in [6.07, 6.45) is 1.51. The second kappa shape index (κ2) is 7.51. The maximum Gasteiger partial charge on any atom is 0.289 e. The van der Waals surface area contributed by atoms with Gasteiger partial charge in [0.05, 0.1) is 20.5 Å². The van der Waals surface area contributed by atoms with E-state index in [4.69, 9.17) is 13.9 Å². The molecule has 138 valence electrons. The van der Waals surface area contributed by atoms with Crippen molar-refractivity contribution in [3.63, 3.8) is 0 Å². The van der Waals surface area contributed by atoms with E-state index in [9.17, 15) is 9.59 Å². The van der Waals surface area contributed by atoms with E-state index in [1.54, 1.807) is 41.2 Å². The summed E-state index contributed by atoms with van der Waals surface area (Å²) in [6, 6.07) is 6.87. The zero-order chi connectivity index (χ0) is 18.7. The first-order valence-electron chi connectivity index (χ1n) is 8.39. The fourth-order valence-corrected chi connectivity index (χ4v) is 3.00. The van der Waals surface area contributed by atoms with E-state index < -0.39 is 0 Å². The van der Waals surface area contributed by atoms with E-state index in [-0.39, 0.29) is 11.8 Å². The summed E-state index contributed by atoms with van der Waals surface area (Å²) in [5.41, 5.74) is 1.35. The van der Waals surface area contributed by atoms with Crippen LogP contribution < -0.4 is 9.47 Å². The van der Waals surface area contributed by atoms with E-state index in [0.717, 1.165) is 5.56 Å². The number of aryl methyl sites for hydroxylation is 1. The van der Waals surface area contributed by atoms with Crippen LogP contribution in [0.3, 0.4) is 0 Å². The van der Waals surface area contributed by atoms with Crippen molar-refractivity contribution in [2.24, 2.45) is 0 Å². The van der Waals surface area contributed by atoms with Crippen molar-refractivity contribution in [1.82, 2.24) is 9.80 Å². The summed E-state index contributed by atoms with van der Waals surface area (Å²) in [5.74, 6) is 1.23. The number of hydrogen-bond donors (Lipinski definition) is 0. The predicted octanol–water partition coefficient (Wildman–Crippen LogP) is 2.20. The number of piperazine rings is 1. The summed E-state index contributed by atoms with van der Waals surface area (Å²) >= 11 is 0. The molecule has 2 heterocycles. The van der Waals surface area contributed by atoms with Crippen LogP contribution in [-0.4, -0.2) is 62.0 Å². The van der Waals surface area contributed by atoms with Crippen molar-refractivity contribution in [1.29, 1.82) is 0 Å². The molecule has 2 aromatic rings. The molecule has 0 saturated carbocycles. The largest absolute Gasteiger partial charge is 0.493 e. The van der Waals surface area contributed by atoms with Gasteiger partial charge < -0.3 is 23.7 Å². The minimum absolute atomic E-state index is 0.0905. The Morgan fingerprint density at radius 3 is 2.08 bits per heavy atom. The summed E-state index contributed by atoms with van der Waals surface area (Å²) in [5, 5.41) is 0. The van der Waals surface area contributed by atoms with E-state index >= 15 is 0 Å². The highest BCUT2D eigenvalue weighted by atomic mass is 16.5. The second-order valence-electron chi connectivity index (χ2n) is 6.09. The van der Waals surface area contributed by atoms with E-state index in [1.807, 2.05) is 6.92 Å². The fourth-order valence-electron chi connectivity index (χ4n) is 3.00. The van der Waals surface area contributed by atoms with Gasteiger partial charge in [0, 0.05) is 37.3 Å². The number of nitrogens with zero attached hydrogens (tertiary/aromatic N) is 2. The molecular formula is C19H22N2O5. The first-order chi connectivity index (χ1) is 12.5. The number of benzene rings is 1. The quantitative estimate of drug-likeness (QED) is 0.838. The molecule has 0 aliphatic carbocycles. The number of hydrogen-bond acceptors (Lipinski definition) is 5. The SMILES string of the molecule is COc1ccc(C(=O)N2CCN(C(=O)c3occc3C)CC2)cc1OC. The minimum atomic E-state index is -0.134. The number of carbonyl (C=O) groups is 2. The molecular weight excluding hydrogens is 336 g/mol. The van der Waals surface area contributed by atoms with Crippen molar-refractivity contribution in [3.8, 4) is 11.5 Å². The van der Waals surface area contributed by atoms with Crippen LogP contribution in [0.5, 0.6) is 11.5 Å². The van der Waals surface area contributed by atoms with Crippen LogP contribution in [0.1, 0.15) is 26.5 Å². The summed E-state index contributed by atoms with van der Waals surface area (Å²) in [6.45, 7) is 3.72. The Morgan fingerprint density at radius 2 is 1.54 bits per heavy atom. The lowest BCUT2D eigenvalue weighted by atomic mass is 10.1. The molecule has 0 radical (unpaired) electrons. The molecule has 1 aromatic carbocycles. The van der Waals surface area contributed by atoms with Crippen molar-refractivity contribution in [2.75, 3.05) is 40.4 Å². The van der Waals surface area contributed by atoms with E-state index in [0.29, 0.717) is 49.0 Å². The molecule has 7 heteroatoms. The zero-order valence-electron chi connectivity index (χ0n) is 15.2. The average Bonchev–Trinajstić information content (AvgIpc) is 3.12. The zero-order valence-corrected chi connectivity index (χ0v) is 15.2. The Balaban J connectivity index is 1.65. The summed E-state index contributed by atoms with van der Waals surface area (Å²) in [7, 11) is 3.09. The smallest absolute Gasteiger partial charge is 0.289 e. The maximum absolute atomic E-state index is 12.7. The summed E-state index contributed by atoms with van der Waals surface area (Å²) < 4.78 is 15.7. The third-order valence-electron chi connectivity index (χ3n) is 4.54. The van der Waals surface area contributed by atoms with Gasteiger partial charge in [0.1, 0.15) is 0 Å². The standard InChI is InChI=1S/C19H22N2O5/c1-13-6-11-26-17(13)19(23)21-9-7-20(8-10-21)18(22)14-4-5-15(24-2)16(12-14)25-3/h4-6,11-12H,7-10H2,1-3H3. The first-order valence-corrected chi connectivity index (χ1v) is 8.39. The van der Waals surface area contributed by atoms with Crippen molar-refractivity contribution in [2.45, 2.75) is 6.92 Å². The molecule has 0 spiro atoms. The molecule has 0 atom stereocenters. The lowest BCUT2D eigenvalue weighted by Crippen LogP contribution is -2.50. The van der Waals surface area contributed by atoms with Gasteiger partial charge in [-0.25, -0.2) is 0 Å². The second-order valence-corrected chi connectivity index (χ2v) is 6.09. The van der Waals surface area contributed by atoms with Crippen molar-refractivity contribution in [3.05, 3.63) is 47.4 Å². The molecule has 0 N–H and O–H groups in total. The van der Waals surface area contributed by atoms with Gasteiger partial charge >= 0.3 is 0 Å².